The molecule has 0 fully saturated rings. The third kappa shape index (κ3) is 4.20. The number of aromatic nitrogens is 2. The quantitative estimate of drug-likeness (QED) is 0.795. The van der Waals surface area contributed by atoms with Gasteiger partial charge in [-0.15, -0.1) is 16.8 Å². The molecule has 1 aromatic carbocycles. The maximum Gasteiger partial charge on any atom is 0.272 e. The van der Waals surface area contributed by atoms with Crippen molar-refractivity contribution in [3.8, 4) is 5.75 Å². The molecule has 0 aliphatic carbocycles. The molecule has 0 radical (unpaired) electrons. The number of aryl methyl sites for hydroxylation is 1. The second kappa shape index (κ2) is 7.60. The topological polar surface area (TPSA) is 76.1 Å². The van der Waals surface area contributed by atoms with Gasteiger partial charge >= 0.3 is 0 Å². The van der Waals surface area contributed by atoms with Gasteiger partial charge in [0.1, 0.15) is 5.75 Å². The molecule has 0 atom stereocenters. The molecule has 7 heteroatoms. The molecule has 1 aromatic heterocycles. The van der Waals surface area contributed by atoms with Gasteiger partial charge in [-0.1, -0.05) is 17.7 Å². The highest BCUT2D eigenvalue weighted by molar-refractivity contribution is 6.31. The Labute approximate surface area is 139 Å². The van der Waals surface area contributed by atoms with Crippen molar-refractivity contribution in [1.82, 2.24) is 15.5 Å². The molecule has 6 nitrogen and oxygen atoms in total. The number of hydrogen-bond acceptors (Lipinski definition) is 5. The zero-order valence-corrected chi connectivity index (χ0v) is 13.6. The smallest absolute Gasteiger partial charge is 0.272 e. The lowest BCUT2D eigenvalue weighted by molar-refractivity contribution is 0.0952. The van der Waals surface area contributed by atoms with Gasteiger partial charge < -0.3 is 15.4 Å². The second-order valence-electron chi connectivity index (χ2n) is 4.73. The minimum absolute atomic E-state index is 0.233. The molecule has 2 rings (SSSR count). The van der Waals surface area contributed by atoms with Crippen LogP contribution >= 0.6 is 11.6 Å². The van der Waals surface area contributed by atoms with E-state index in [1.165, 1.54) is 0 Å². The van der Waals surface area contributed by atoms with Crippen LogP contribution in [0.3, 0.4) is 0 Å². The first-order valence-electron chi connectivity index (χ1n) is 6.89. The summed E-state index contributed by atoms with van der Waals surface area (Å²) < 4.78 is 5.29. The predicted molar refractivity (Wildman–Crippen MR) is 90.6 cm³/mol. The number of carbonyl (C=O) groups excluding carboxylic acids is 1. The molecule has 120 valence electrons. The number of halogens is 1. The first kappa shape index (κ1) is 16.8. The lowest BCUT2D eigenvalue weighted by Gasteiger charge is -2.12. The van der Waals surface area contributed by atoms with Crippen LogP contribution in [0.15, 0.2) is 36.9 Å². The summed E-state index contributed by atoms with van der Waals surface area (Å²) in [4.78, 5) is 11.7. The number of nitrogens with one attached hydrogen (secondary N) is 2. The zero-order chi connectivity index (χ0) is 16.8. The maximum atomic E-state index is 11.7. The molecular weight excluding hydrogens is 316 g/mol. The zero-order valence-electron chi connectivity index (χ0n) is 12.9. The molecule has 0 saturated carbocycles. The number of hydrogen-bond donors (Lipinski definition) is 2. The summed E-state index contributed by atoms with van der Waals surface area (Å²) in [6, 6.07) is 6.83. The molecule has 0 spiro atoms. The van der Waals surface area contributed by atoms with E-state index >= 15 is 0 Å². The second-order valence-corrected chi connectivity index (χ2v) is 5.14. The van der Waals surface area contributed by atoms with Crippen molar-refractivity contribution in [2.75, 3.05) is 19.0 Å². The van der Waals surface area contributed by atoms with E-state index in [1.807, 2.05) is 13.0 Å². The summed E-state index contributed by atoms with van der Waals surface area (Å²) in [6.45, 7) is 5.81. The molecule has 1 heterocycles. The molecule has 0 bridgehead atoms. The van der Waals surface area contributed by atoms with Gasteiger partial charge in [0.05, 0.1) is 12.8 Å². The summed E-state index contributed by atoms with van der Waals surface area (Å²) >= 11 is 6.08. The Morgan fingerprint density at radius 2 is 2.17 bits per heavy atom. The van der Waals surface area contributed by atoms with Gasteiger partial charge in [0.25, 0.3) is 5.91 Å². The third-order valence-corrected chi connectivity index (χ3v) is 3.45. The molecular formula is C16H17ClN4O2. The van der Waals surface area contributed by atoms with Crippen LogP contribution in [0.1, 0.15) is 16.1 Å². The lowest BCUT2D eigenvalue weighted by atomic mass is 10.2. The Kier molecular flexibility index (Phi) is 5.54. The number of amides is 1. The van der Waals surface area contributed by atoms with Crippen LogP contribution in [0.5, 0.6) is 5.75 Å². The van der Waals surface area contributed by atoms with Gasteiger partial charge in [0.2, 0.25) is 0 Å². The average molecular weight is 333 g/mol. The number of benzene rings is 1. The van der Waals surface area contributed by atoms with Crippen molar-refractivity contribution >= 4 is 29.0 Å². The average Bonchev–Trinajstić information content (AvgIpc) is 2.56. The third-order valence-electron chi connectivity index (χ3n) is 3.05. The number of anilines is 2. The van der Waals surface area contributed by atoms with E-state index in [1.54, 1.807) is 31.4 Å². The van der Waals surface area contributed by atoms with Crippen LogP contribution in [-0.2, 0) is 0 Å². The summed E-state index contributed by atoms with van der Waals surface area (Å²) in [7, 11) is 1.56. The number of methoxy groups -OCH3 is 1. The fourth-order valence-electron chi connectivity index (χ4n) is 1.84. The van der Waals surface area contributed by atoms with E-state index in [4.69, 9.17) is 16.3 Å². The molecule has 1 amide bonds. The Morgan fingerprint density at radius 3 is 2.78 bits per heavy atom. The van der Waals surface area contributed by atoms with E-state index in [2.05, 4.69) is 27.4 Å². The van der Waals surface area contributed by atoms with Crippen molar-refractivity contribution in [1.29, 1.82) is 0 Å². The summed E-state index contributed by atoms with van der Waals surface area (Å²) in [5, 5.41) is 14.2. The standard InChI is InChI=1S/C16H17ClN4O2/c1-4-7-18-16(22)12-5-6-15(21-20-12)19-13-8-10(2)11(17)9-14(13)23-3/h4-6,8-9H,1,7H2,2-3H3,(H,18,22)(H,19,21). The van der Waals surface area contributed by atoms with Crippen LogP contribution < -0.4 is 15.4 Å². The van der Waals surface area contributed by atoms with Crippen molar-refractivity contribution in [2.24, 2.45) is 0 Å². The van der Waals surface area contributed by atoms with E-state index < -0.39 is 0 Å². The van der Waals surface area contributed by atoms with Crippen LogP contribution in [0.2, 0.25) is 5.02 Å². The van der Waals surface area contributed by atoms with Crippen molar-refractivity contribution < 1.29 is 9.53 Å². The highest BCUT2D eigenvalue weighted by atomic mass is 35.5. The Balaban J connectivity index is 2.17. The lowest BCUT2D eigenvalue weighted by Crippen LogP contribution is -2.24. The molecule has 0 unspecified atom stereocenters. The monoisotopic (exact) mass is 332 g/mol. The Bertz CT molecular complexity index is 717. The number of nitrogens with zero attached hydrogens (tertiary/aromatic N) is 2. The predicted octanol–water partition coefficient (Wildman–Crippen LogP) is 3.11. The summed E-state index contributed by atoms with van der Waals surface area (Å²) in [5.74, 6) is 0.782. The van der Waals surface area contributed by atoms with Gasteiger partial charge in [-0.3, -0.25) is 4.79 Å². The molecule has 23 heavy (non-hydrogen) atoms. The number of rotatable bonds is 6. The maximum absolute atomic E-state index is 11.7. The van der Waals surface area contributed by atoms with E-state index in [9.17, 15) is 4.79 Å². The van der Waals surface area contributed by atoms with Crippen LogP contribution in [0, 0.1) is 6.92 Å². The van der Waals surface area contributed by atoms with Crippen LogP contribution in [0.25, 0.3) is 0 Å². The van der Waals surface area contributed by atoms with Crippen molar-refractivity contribution in [3.63, 3.8) is 0 Å². The summed E-state index contributed by atoms with van der Waals surface area (Å²) in [5.41, 5.74) is 1.85. The number of ether oxygens (including phenoxy) is 1. The molecule has 2 aromatic rings. The normalized spacial score (nSPS) is 10.0. The Hall–Kier alpha value is -2.60. The molecule has 2 N–H and O–H groups in total. The fourth-order valence-corrected chi connectivity index (χ4v) is 2.00. The van der Waals surface area contributed by atoms with Gasteiger partial charge in [-0.05, 0) is 30.7 Å². The summed E-state index contributed by atoms with van der Waals surface area (Å²) in [6.07, 6.45) is 1.59. The van der Waals surface area contributed by atoms with E-state index in [-0.39, 0.29) is 11.6 Å². The first-order chi connectivity index (χ1) is 11.0. The largest absolute Gasteiger partial charge is 0.495 e. The van der Waals surface area contributed by atoms with Gasteiger partial charge in [-0.2, -0.15) is 0 Å². The first-order valence-corrected chi connectivity index (χ1v) is 7.27. The van der Waals surface area contributed by atoms with Crippen molar-refractivity contribution in [3.05, 3.63) is 53.2 Å². The molecule has 0 aliphatic rings. The highest BCUT2D eigenvalue weighted by Gasteiger charge is 2.10. The number of carbonyl (C=O) groups is 1. The fraction of sp³-hybridized carbons (Fsp3) is 0.188. The van der Waals surface area contributed by atoms with Gasteiger partial charge in [0.15, 0.2) is 11.5 Å². The van der Waals surface area contributed by atoms with Crippen LogP contribution in [0.4, 0.5) is 11.5 Å². The minimum Gasteiger partial charge on any atom is -0.495 e. The van der Waals surface area contributed by atoms with Crippen molar-refractivity contribution in [2.45, 2.75) is 6.92 Å². The van der Waals surface area contributed by atoms with Gasteiger partial charge in [-0.25, -0.2) is 0 Å². The SMILES string of the molecule is C=CCNC(=O)c1ccc(Nc2cc(C)c(Cl)cc2OC)nn1. The van der Waals surface area contributed by atoms with Crippen LogP contribution in [-0.4, -0.2) is 29.8 Å². The van der Waals surface area contributed by atoms with Gasteiger partial charge in [0, 0.05) is 17.6 Å². The molecule has 0 saturated heterocycles. The molecule has 0 aliphatic heterocycles. The minimum atomic E-state index is -0.302. The Morgan fingerprint density at radius 1 is 1.39 bits per heavy atom. The highest BCUT2D eigenvalue weighted by Crippen LogP contribution is 2.32. The van der Waals surface area contributed by atoms with E-state index in [0.717, 1.165) is 5.56 Å². The van der Waals surface area contributed by atoms with E-state index in [0.29, 0.717) is 28.8 Å².